The van der Waals surface area contributed by atoms with Gasteiger partial charge < -0.3 is 5.11 Å². The summed E-state index contributed by atoms with van der Waals surface area (Å²) >= 11 is 0. The Morgan fingerprint density at radius 3 is 2.73 bits per heavy atom. The van der Waals surface area contributed by atoms with Gasteiger partial charge in [-0.15, -0.1) is 0 Å². The van der Waals surface area contributed by atoms with Crippen LogP contribution in [0.5, 0.6) is 0 Å². The number of carbonyl (C=O) groups is 1. The lowest BCUT2D eigenvalue weighted by molar-refractivity contribution is -0.150. The Morgan fingerprint density at radius 2 is 2.00 bits per heavy atom. The maximum Gasteiger partial charge on any atom is 0.309 e. The molecule has 1 heterocycles. The zero-order valence-electron chi connectivity index (χ0n) is 15.7. The Morgan fingerprint density at radius 1 is 1.19 bits per heavy atom. The van der Waals surface area contributed by atoms with Gasteiger partial charge in [0.05, 0.1) is 5.41 Å². The van der Waals surface area contributed by atoms with Crippen molar-refractivity contribution in [3.63, 3.8) is 0 Å². The molecule has 1 N–H and O–H groups in total. The normalized spacial score (nSPS) is 39.4. The summed E-state index contributed by atoms with van der Waals surface area (Å²) < 4.78 is 0. The standard InChI is InChI=1S/C23H29NO2/c1-16-15-24(19-9-11-23(14-19,21(25)26)18-6-7-18)13-12-22(16)10-8-17-4-2-3-5-20(17)22/h2-5,8,10,16,18-19H,6-7,9,11-15H2,1H3,(H,25,26)/t16-,19?,22-,23?/m0/s1. The molecule has 1 aromatic carbocycles. The van der Waals surface area contributed by atoms with E-state index < -0.39 is 11.4 Å². The first-order valence-corrected chi connectivity index (χ1v) is 10.3. The molecule has 5 rings (SSSR count). The minimum atomic E-state index is -0.531. The Balaban J connectivity index is 1.33. The maximum absolute atomic E-state index is 12.0. The van der Waals surface area contributed by atoms with Crippen molar-refractivity contribution >= 4 is 12.0 Å². The van der Waals surface area contributed by atoms with Crippen molar-refractivity contribution in [1.29, 1.82) is 0 Å². The molecule has 1 spiro atoms. The predicted molar refractivity (Wildman–Crippen MR) is 103 cm³/mol. The lowest BCUT2D eigenvalue weighted by Crippen LogP contribution is -2.50. The third-order valence-electron chi connectivity index (χ3n) is 8.05. The third kappa shape index (κ3) is 2.26. The van der Waals surface area contributed by atoms with Gasteiger partial charge in [0.15, 0.2) is 0 Å². The number of piperidine rings is 1. The van der Waals surface area contributed by atoms with Crippen molar-refractivity contribution in [3.05, 3.63) is 41.5 Å². The number of allylic oxidation sites excluding steroid dienone is 1. The molecule has 3 heteroatoms. The van der Waals surface area contributed by atoms with Crippen molar-refractivity contribution in [2.45, 2.75) is 56.9 Å². The minimum absolute atomic E-state index is 0.187. The van der Waals surface area contributed by atoms with Crippen LogP contribution in [0.3, 0.4) is 0 Å². The van der Waals surface area contributed by atoms with Gasteiger partial charge in [-0.1, -0.05) is 43.3 Å². The smallest absolute Gasteiger partial charge is 0.309 e. The van der Waals surface area contributed by atoms with Gasteiger partial charge in [0.2, 0.25) is 0 Å². The molecular weight excluding hydrogens is 322 g/mol. The SMILES string of the molecule is C[C@H]1CN(C2CCC(C(=O)O)(C3CC3)C2)CC[C@@]12C=Cc1ccccc12. The van der Waals surface area contributed by atoms with E-state index in [2.05, 4.69) is 48.2 Å². The van der Waals surface area contributed by atoms with Crippen LogP contribution in [-0.2, 0) is 10.2 Å². The summed E-state index contributed by atoms with van der Waals surface area (Å²) in [6.07, 6.45) is 11.0. The van der Waals surface area contributed by atoms with Crippen molar-refractivity contribution < 1.29 is 9.90 Å². The number of fused-ring (bicyclic) bond motifs is 2. The largest absolute Gasteiger partial charge is 0.481 e. The zero-order chi connectivity index (χ0) is 17.9. The quantitative estimate of drug-likeness (QED) is 0.881. The van der Waals surface area contributed by atoms with Crippen molar-refractivity contribution in [3.8, 4) is 0 Å². The topological polar surface area (TPSA) is 40.5 Å². The summed E-state index contributed by atoms with van der Waals surface area (Å²) in [5.41, 5.74) is 2.65. The third-order valence-corrected chi connectivity index (χ3v) is 8.05. The van der Waals surface area contributed by atoms with Gasteiger partial charge >= 0.3 is 5.97 Å². The van der Waals surface area contributed by atoms with E-state index in [-0.39, 0.29) is 5.41 Å². The average Bonchev–Trinajstić information content (AvgIpc) is 3.29. The second kappa shape index (κ2) is 5.69. The number of hydrogen-bond donors (Lipinski definition) is 1. The van der Waals surface area contributed by atoms with Crippen LogP contribution in [0.1, 0.15) is 56.6 Å². The highest BCUT2D eigenvalue weighted by molar-refractivity contribution is 5.76. The van der Waals surface area contributed by atoms with E-state index in [4.69, 9.17) is 0 Å². The van der Waals surface area contributed by atoms with Crippen LogP contribution in [-0.4, -0.2) is 35.1 Å². The fourth-order valence-corrected chi connectivity index (χ4v) is 6.29. The highest BCUT2D eigenvalue weighted by atomic mass is 16.4. The molecule has 0 bridgehead atoms. The van der Waals surface area contributed by atoms with Crippen LogP contribution in [0, 0.1) is 17.3 Å². The Labute approximate surface area is 156 Å². The molecule has 3 fully saturated rings. The molecule has 3 nitrogen and oxygen atoms in total. The lowest BCUT2D eigenvalue weighted by atomic mass is 9.67. The molecule has 2 saturated carbocycles. The first kappa shape index (κ1) is 16.6. The van der Waals surface area contributed by atoms with E-state index in [0.29, 0.717) is 17.9 Å². The number of carboxylic acid groups (broad SMARTS) is 1. The summed E-state index contributed by atoms with van der Waals surface area (Å²) in [4.78, 5) is 14.6. The summed E-state index contributed by atoms with van der Waals surface area (Å²) in [6, 6.07) is 9.30. The summed E-state index contributed by atoms with van der Waals surface area (Å²) in [7, 11) is 0. The molecule has 26 heavy (non-hydrogen) atoms. The Bertz CT molecular complexity index is 767. The molecule has 138 valence electrons. The highest BCUT2D eigenvalue weighted by Crippen LogP contribution is 2.56. The van der Waals surface area contributed by atoms with Gasteiger partial charge in [-0.25, -0.2) is 0 Å². The predicted octanol–water partition coefficient (Wildman–Crippen LogP) is 4.33. The van der Waals surface area contributed by atoms with Crippen LogP contribution in [0.4, 0.5) is 0 Å². The second-order valence-electron chi connectivity index (χ2n) is 9.24. The molecule has 4 aliphatic rings. The number of aliphatic carboxylic acids is 1. The van der Waals surface area contributed by atoms with E-state index in [1.165, 1.54) is 11.1 Å². The molecule has 3 aliphatic carbocycles. The number of nitrogens with zero attached hydrogens (tertiary/aromatic N) is 1. The Hall–Kier alpha value is -1.61. The van der Waals surface area contributed by atoms with E-state index >= 15 is 0 Å². The van der Waals surface area contributed by atoms with Gasteiger partial charge in [-0.05, 0) is 68.0 Å². The first-order valence-electron chi connectivity index (χ1n) is 10.3. The molecule has 0 amide bonds. The molecule has 1 aromatic rings. The number of benzene rings is 1. The first-order chi connectivity index (χ1) is 12.6. The summed E-state index contributed by atoms with van der Waals surface area (Å²) in [5, 5.41) is 9.89. The molecule has 0 aromatic heterocycles. The van der Waals surface area contributed by atoms with Gasteiger partial charge in [-0.3, -0.25) is 9.69 Å². The fourth-order valence-electron chi connectivity index (χ4n) is 6.29. The second-order valence-corrected chi connectivity index (χ2v) is 9.24. The zero-order valence-corrected chi connectivity index (χ0v) is 15.7. The van der Waals surface area contributed by atoms with Crippen LogP contribution in [0.2, 0.25) is 0 Å². The van der Waals surface area contributed by atoms with Crippen molar-refractivity contribution in [1.82, 2.24) is 4.90 Å². The highest BCUT2D eigenvalue weighted by Gasteiger charge is 2.56. The number of hydrogen-bond acceptors (Lipinski definition) is 2. The van der Waals surface area contributed by atoms with Crippen LogP contribution >= 0.6 is 0 Å². The molecule has 4 atom stereocenters. The van der Waals surface area contributed by atoms with Gasteiger partial charge in [0.25, 0.3) is 0 Å². The molecule has 2 unspecified atom stereocenters. The van der Waals surface area contributed by atoms with Crippen molar-refractivity contribution in [2.24, 2.45) is 17.3 Å². The molecular formula is C23H29NO2. The van der Waals surface area contributed by atoms with Crippen LogP contribution < -0.4 is 0 Å². The van der Waals surface area contributed by atoms with E-state index in [9.17, 15) is 9.90 Å². The number of likely N-dealkylation sites (tertiary alicyclic amines) is 1. The molecule has 1 aliphatic heterocycles. The minimum Gasteiger partial charge on any atom is -0.481 e. The Kier molecular flexibility index (Phi) is 3.62. The summed E-state index contributed by atoms with van der Waals surface area (Å²) in [6.45, 7) is 4.57. The van der Waals surface area contributed by atoms with E-state index in [1.54, 1.807) is 0 Å². The lowest BCUT2D eigenvalue weighted by Gasteiger charge is -2.46. The van der Waals surface area contributed by atoms with Gasteiger partial charge in [-0.2, -0.15) is 0 Å². The van der Waals surface area contributed by atoms with Crippen LogP contribution in [0.15, 0.2) is 30.3 Å². The van der Waals surface area contributed by atoms with Crippen molar-refractivity contribution in [2.75, 3.05) is 13.1 Å². The van der Waals surface area contributed by atoms with Gasteiger partial charge in [0, 0.05) is 18.0 Å². The fraction of sp³-hybridized carbons (Fsp3) is 0.609. The maximum atomic E-state index is 12.0. The van der Waals surface area contributed by atoms with Crippen LogP contribution in [0.25, 0.3) is 6.08 Å². The molecule has 0 radical (unpaired) electrons. The number of carboxylic acids is 1. The summed E-state index contributed by atoms with van der Waals surface area (Å²) in [5.74, 6) is 0.483. The van der Waals surface area contributed by atoms with E-state index in [1.807, 2.05) is 0 Å². The monoisotopic (exact) mass is 351 g/mol. The molecule has 1 saturated heterocycles. The van der Waals surface area contributed by atoms with Gasteiger partial charge in [0.1, 0.15) is 0 Å². The average molecular weight is 351 g/mol. The number of rotatable bonds is 3. The van der Waals surface area contributed by atoms with E-state index in [0.717, 1.165) is 51.6 Å².